The second-order valence-electron chi connectivity index (χ2n) is 5.12. The number of aryl methyl sites for hydroxylation is 1. The molecule has 0 aliphatic heterocycles. The van der Waals surface area contributed by atoms with Crippen molar-refractivity contribution in [1.29, 1.82) is 0 Å². The number of anilines is 2. The minimum absolute atomic E-state index is 0.679. The lowest BCUT2D eigenvalue weighted by Gasteiger charge is -2.12. The van der Waals surface area contributed by atoms with E-state index in [1.807, 2.05) is 85.8 Å². The summed E-state index contributed by atoms with van der Waals surface area (Å²) in [7, 11) is 0. The van der Waals surface area contributed by atoms with E-state index in [1.54, 1.807) is 0 Å². The molecule has 3 rings (SSSR count). The molecule has 0 heterocycles. The molecule has 0 amide bonds. The van der Waals surface area contributed by atoms with Gasteiger partial charge in [-0.05, 0) is 48.9 Å². The summed E-state index contributed by atoms with van der Waals surface area (Å²) in [6.07, 6.45) is 0. The quantitative estimate of drug-likeness (QED) is 0.642. The molecule has 2 N–H and O–H groups in total. The van der Waals surface area contributed by atoms with Gasteiger partial charge in [0.2, 0.25) is 0 Å². The number of hydrogen-bond acceptors (Lipinski definition) is 4. The fraction of sp³-hybridized carbons (Fsp3) is 0.0526. The minimum atomic E-state index is 0.679. The molecule has 4 nitrogen and oxygen atoms in total. The maximum atomic E-state index is 5.61. The molecule has 0 aliphatic carbocycles. The molecule has 0 atom stereocenters. The van der Waals surface area contributed by atoms with E-state index >= 15 is 0 Å². The third-order valence-corrected chi connectivity index (χ3v) is 3.15. The van der Waals surface area contributed by atoms with Crippen molar-refractivity contribution in [2.75, 3.05) is 11.0 Å². The van der Waals surface area contributed by atoms with E-state index in [9.17, 15) is 0 Å². The van der Waals surface area contributed by atoms with Crippen molar-refractivity contribution < 1.29 is 9.68 Å². The largest absolute Gasteiger partial charge is 0.382 e. The molecule has 4 heteroatoms. The van der Waals surface area contributed by atoms with Crippen LogP contribution in [0.3, 0.4) is 0 Å². The van der Waals surface area contributed by atoms with Crippen LogP contribution >= 0.6 is 0 Å². The fourth-order valence-electron chi connectivity index (χ4n) is 2.08. The summed E-state index contributed by atoms with van der Waals surface area (Å²) in [4.78, 5) is 11.2. The van der Waals surface area contributed by atoms with Crippen molar-refractivity contribution >= 4 is 11.4 Å². The molecule has 3 aromatic rings. The van der Waals surface area contributed by atoms with Gasteiger partial charge in [-0.3, -0.25) is 0 Å². The Hall–Kier alpha value is -3.14. The summed E-state index contributed by atoms with van der Waals surface area (Å²) in [5, 5.41) is 0. The van der Waals surface area contributed by atoms with Gasteiger partial charge in [-0.2, -0.15) is 0 Å². The maximum absolute atomic E-state index is 5.61. The van der Waals surface area contributed by atoms with Crippen LogP contribution in [0.15, 0.2) is 78.9 Å². The summed E-state index contributed by atoms with van der Waals surface area (Å²) in [5.41, 5.74) is 8.65. The highest BCUT2D eigenvalue weighted by Gasteiger charge is 2.02. The Bertz CT molecular complexity index is 684. The van der Waals surface area contributed by atoms with E-state index < -0.39 is 0 Å². The lowest BCUT2D eigenvalue weighted by molar-refractivity contribution is 0.385. The van der Waals surface area contributed by atoms with Crippen LogP contribution in [0.2, 0.25) is 0 Å². The summed E-state index contributed by atoms with van der Waals surface area (Å²) in [6, 6.07) is 25.1. The standard InChI is InChI=1S/C19H18N2O2/c1-15-12-18(22-20-16-8-4-2-5-9-16)14-19(13-15)23-21-17-10-6-3-7-11-17/h2-14,20-21H,1H3. The van der Waals surface area contributed by atoms with Crippen LogP contribution in [-0.2, 0) is 0 Å². The van der Waals surface area contributed by atoms with E-state index in [-0.39, 0.29) is 0 Å². The first-order valence-corrected chi connectivity index (χ1v) is 7.37. The first kappa shape index (κ1) is 14.8. The van der Waals surface area contributed by atoms with Gasteiger partial charge in [0.05, 0.1) is 11.4 Å². The molecule has 116 valence electrons. The van der Waals surface area contributed by atoms with Gasteiger partial charge in [0.1, 0.15) is 0 Å². The van der Waals surface area contributed by atoms with Gasteiger partial charge in [0, 0.05) is 6.07 Å². The van der Waals surface area contributed by atoms with Crippen molar-refractivity contribution in [3.63, 3.8) is 0 Å². The highest BCUT2D eigenvalue weighted by Crippen LogP contribution is 2.23. The third-order valence-electron chi connectivity index (χ3n) is 3.15. The van der Waals surface area contributed by atoms with Gasteiger partial charge >= 0.3 is 0 Å². The first-order chi connectivity index (χ1) is 11.3. The lowest BCUT2D eigenvalue weighted by atomic mass is 10.2. The van der Waals surface area contributed by atoms with Crippen molar-refractivity contribution in [1.82, 2.24) is 0 Å². The van der Waals surface area contributed by atoms with Crippen molar-refractivity contribution in [2.24, 2.45) is 0 Å². The maximum Gasteiger partial charge on any atom is 0.159 e. The van der Waals surface area contributed by atoms with E-state index in [4.69, 9.17) is 9.68 Å². The zero-order valence-corrected chi connectivity index (χ0v) is 12.8. The molecule has 0 fully saturated rings. The molecule has 0 saturated heterocycles. The van der Waals surface area contributed by atoms with E-state index in [1.165, 1.54) is 0 Å². The first-order valence-electron chi connectivity index (χ1n) is 7.37. The number of nitrogens with one attached hydrogen (secondary N) is 2. The molecule has 0 spiro atoms. The van der Waals surface area contributed by atoms with E-state index in [2.05, 4.69) is 11.0 Å². The summed E-state index contributed by atoms with van der Waals surface area (Å²) in [6.45, 7) is 1.99. The molecule has 0 bridgehead atoms. The van der Waals surface area contributed by atoms with Crippen LogP contribution < -0.4 is 20.6 Å². The SMILES string of the molecule is Cc1cc(ONc2ccccc2)cc(ONc2ccccc2)c1. The normalized spacial score (nSPS) is 9.96. The highest BCUT2D eigenvalue weighted by molar-refractivity contribution is 5.45. The van der Waals surface area contributed by atoms with Gasteiger partial charge in [0.25, 0.3) is 0 Å². The molecule has 0 unspecified atom stereocenters. The zero-order chi connectivity index (χ0) is 15.9. The zero-order valence-electron chi connectivity index (χ0n) is 12.8. The van der Waals surface area contributed by atoms with Gasteiger partial charge < -0.3 is 9.68 Å². The van der Waals surface area contributed by atoms with Crippen LogP contribution in [-0.4, -0.2) is 0 Å². The smallest absolute Gasteiger partial charge is 0.159 e. The van der Waals surface area contributed by atoms with Gasteiger partial charge in [0.15, 0.2) is 11.5 Å². The van der Waals surface area contributed by atoms with Gasteiger partial charge in [-0.15, -0.1) is 0 Å². The second-order valence-corrected chi connectivity index (χ2v) is 5.12. The van der Waals surface area contributed by atoms with Crippen LogP contribution in [0.1, 0.15) is 5.56 Å². The molecule has 0 aromatic heterocycles. The number of hydrogen-bond donors (Lipinski definition) is 2. The predicted octanol–water partition coefficient (Wildman–Crippen LogP) is 4.81. The molecule has 0 aliphatic rings. The Labute approximate surface area is 135 Å². The monoisotopic (exact) mass is 306 g/mol. The second kappa shape index (κ2) is 7.22. The Morgan fingerprint density at radius 3 is 1.48 bits per heavy atom. The molecular formula is C19H18N2O2. The number of rotatable bonds is 6. The average molecular weight is 306 g/mol. The number of benzene rings is 3. The van der Waals surface area contributed by atoms with Crippen molar-refractivity contribution in [3.8, 4) is 11.5 Å². The predicted molar refractivity (Wildman–Crippen MR) is 92.6 cm³/mol. The van der Waals surface area contributed by atoms with Crippen LogP contribution in [0, 0.1) is 6.92 Å². The van der Waals surface area contributed by atoms with Crippen LogP contribution in [0.5, 0.6) is 11.5 Å². The Morgan fingerprint density at radius 2 is 1.04 bits per heavy atom. The Kier molecular flexibility index (Phi) is 4.64. The number of para-hydroxylation sites is 2. The van der Waals surface area contributed by atoms with E-state index in [0.29, 0.717) is 11.5 Å². The van der Waals surface area contributed by atoms with Crippen molar-refractivity contribution in [2.45, 2.75) is 6.92 Å². The lowest BCUT2D eigenvalue weighted by Crippen LogP contribution is -2.07. The third kappa shape index (κ3) is 4.41. The van der Waals surface area contributed by atoms with Gasteiger partial charge in [-0.25, -0.2) is 11.0 Å². The molecule has 23 heavy (non-hydrogen) atoms. The summed E-state index contributed by atoms with van der Waals surface area (Å²) < 4.78 is 0. The fourth-order valence-corrected chi connectivity index (χ4v) is 2.08. The molecular weight excluding hydrogens is 288 g/mol. The minimum Gasteiger partial charge on any atom is -0.382 e. The molecule has 0 radical (unpaired) electrons. The Balaban J connectivity index is 1.64. The molecule has 3 aromatic carbocycles. The summed E-state index contributed by atoms with van der Waals surface area (Å²) >= 11 is 0. The topological polar surface area (TPSA) is 42.5 Å². The van der Waals surface area contributed by atoms with Crippen LogP contribution in [0.25, 0.3) is 0 Å². The summed E-state index contributed by atoms with van der Waals surface area (Å²) in [5.74, 6) is 1.36. The van der Waals surface area contributed by atoms with E-state index in [0.717, 1.165) is 16.9 Å². The molecule has 0 saturated carbocycles. The highest BCUT2D eigenvalue weighted by atomic mass is 16.7. The van der Waals surface area contributed by atoms with Crippen molar-refractivity contribution in [3.05, 3.63) is 84.4 Å². The van der Waals surface area contributed by atoms with Crippen LogP contribution in [0.4, 0.5) is 11.4 Å². The average Bonchev–Trinajstić information content (AvgIpc) is 2.60. The van der Waals surface area contributed by atoms with Gasteiger partial charge in [-0.1, -0.05) is 36.4 Å². The Morgan fingerprint density at radius 1 is 0.609 bits per heavy atom.